The summed E-state index contributed by atoms with van der Waals surface area (Å²) >= 11 is 0. The molecule has 46 heavy (non-hydrogen) atoms. The Hall–Kier alpha value is -6.12. The van der Waals surface area contributed by atoms with E-state index in [9.17, 15) is 0 Å². The first-order valence-corrected chi connectivity index (χ1v) is 15.9. The number of nitrogens with zero attached hydrogens (tertiary/aromatic N) is 1. The second-order valence-electron chi connectivity index (χ2n) is 12.5. The van der Waals surface area contributed by atoms with Crippen LogP contribution in [0.2, 0.25) is 0 Å². The van der Waals surface area contributed by atoms with Crippen molar-refractivity contribution < 1.29 is 4.42 Å². The summed E-state index contributed by atoms with van der Waals surface area (Å²) in [5.74, 6) is 0. The van der Waals surface area contributed by atoms with Gasteiger partial charge in [0.1, 0.15) is 11.2 Å². The molecule has 2 aromatic heterocycles. The first-order chi connectivity index (χ1) is 22.8. The molecular formula is C44H25NO. The van der Waals surface area contributed by atoms with E-state index in [1.807, 2.05) is 6.07 Å². The fourth-order valence-corrected chi connectivity index (χ4v) is 8.11. The van der Waals surface area contributed by atoms with Gasteiger partial charge in [-0.3, -0.25) is 0 Å². The topological polar surface area (TPSA) is 18.1 Å². The highest BCUT2D eigenvalue weighted by atomic mass is 16.3. The van der Waals surface area contributed by atoms with Crippen molar-refractivity contribution in [1.29, 1.82) is 0 Å². The van der Waals surface area contributed by atoms with E-state index < -0.39 is 0 Å². The fraction of sp³-hybridized carbons (Fsp3) is 0. The average Bonchev–Trinajstić information content (AvgIpc) is 3.77. The van der Waals surface area contributed by atoms with Crippen LogP contribution in [0.5, 0.6) is 0 Å². The SMILES string of the molecule is c1ccc2c(c1)-c1cccc3c(-c4ccc5cc(-n6c7ccccc7c7c8oc9ccccc9c8ccc76)ccc5c4)ccc-2c13. The highest BCUT2D eigenvalue weighted by Crippen LogP contribution is 2.49. The lowest BCUT2D eigenvalue weighted by molar-refractivity contribution is 0.673. The molecule has 0 fully saturated rings. The van der Waals surface area contributed by atoms with E-state index in [2.05, 4.69) is 150 Å². The second kappa shape index (κ2) is 8.74. The molecule has 1 aliphatic rings. The lowest BCUT2D eigenvalue weighted by Crippen LogP contribution is -1.93. The van der Waals surface area contributed by atoms with Gasteiger partial charge in [0.25, 0.3) is 0 Å². The molecule has 0 N–H and O–H groups in total. The minimum Gasteiger partial charge on any atom is -0.455 e. The van der Waals surface area contributed by atoms with Gasteiger partial charge in [0, 0.05) is 21.8 Å². The van der Waals surface area contributed by atoms with Gasteiger partial charge >= 0.3 is 0 Å². The Morgan fingerprint density at radius 1 is 0.391 bits per heavy atom. The van der Waals surface area contributed by atoms with E-state index in [1.54, 1.807) is 0 Å². The number of hydrogen-bond donors (Lipinski definition) is 0. The number of benzene rings is 8. The molecule has 0 aliphatic heterocycles. The van der Waals surface area contributed by atoms with Crippen LogP contribution in [-0.2, 0) is 0 Å². The van der Waals surface area contributed by atoms with Gasteiger partial charge in [-0.05, 0) is 97.4 Å². The molecule has 0 unspecified atom stereocenters. The van der Waals surface area contributed by atoms with E-state index in [0.717, 1.165) is 38.5 Å². The Morgan fingerprint density at radius 2 is 1.09 bits per heavy atom. The van der Waals surface area contributed by atoms with E-state index in [4.69, 9.17) is 4.42 Å². The second-order valence-corrected chi connectivity index (χ2v) is 12.5. The van der Waals surface area contributed by atoms with Crippen molar-refractivity contribution in [1.82, 2.24) is 4.57 Å². The predicted octanol–water partition coefficient (Wildman–Crippen LogP) is 12.3. The Morgan fingerprint density at radius 3 is 2.00 bits per heavy atom. The third-order valence-electron chi connectivity index (χ3n) is 10.1. The first kappa shape index (κ1) is 24.2. The highest BCUT2D eigenvalue weighted by molar-refractivity contribution is 6.24. The summed E-state index contributed by atoms with van der Waals surface area (Å²) in [6, 6.07) is 55.3. The van der Waals surface area contributed by atoms with Crippen molar-refractivity contribution in [2.24, 2.45) is 0 Å². The van der Waals surface area contributed by atoms with Crippen LogP contribution < -0.4 is 0 Å². The number of para-hydroxylation sites is 2. The average molecular weight is 584 g/mol. The van der Waals surface area contributed by atoms with Gasteiger partial charge in [0.05, 0.1) is 16.4 Å². The van der Waals surface area contributed by atoms with Crippen LogP contribution in [0.1, 0.15) is 0 Å². The Labute approximate surface area is 264 Å². The van der Waals surface area contributed by atoms with Gasteiger partial charge in [-0.15, -0.1) is 0 Å². The summed E-state index contributed by atoms with van der Waals surface area (Å²) in [7, 11) is 0. The van der Waals surface area contributed by atoms with E-state index in [-0.39, 0.29) is 0 Å². The maximum Gasteiger partial charge on any atom is 0.145 e. The Bertz CT molecular complexity index is 2890. The molecule has 8 aromatic carbocycles. The molecule has 2 heteroatoms. The largest absolute Gasteiger partial charge is 0.455 e. The van der Waals surface area contributed by atoms with Gasteiger partial charge in [-0.1, -0.05) is 109 Å². The summed E-state index contributed by atoms with van der Waals surface area (Å²) in [5.41, 5.74) is 13.2. The summed E-state index contributed by atoms with van der Waals surface area (Å²) in [4.78, 5) is 0. The van der Waals surface area contributed by atoms with Crippen molar-refractivity contribution in [3.05, 3.63) is 152 Å². The van der Waals surface area contributed by atoms with Crippen LogP contribution in [0, 0.1) is 0 Å². The van der Waals surface area contributed by atoms with Gasteiger partial charge < -0.3 is 8.98 Å². The molecule has 0 radical (unpaired) electrons. The molecule has 0 bridgehead atoms. The van der Waals surface area contributed by atoms with Crippen LogP contribution >= 0.6 is 0 Å². The maximum atomic E-state index is 6.50. The van der Waals surface area contributed by atoms with Crippen LogP contribution in [0.15, 0.2) is 156 Å². The maximum absolute atomic E-state index is 6.50. The molecule has 0 saturated carbocycles. The third kappa shape index (κ3) is 3.10. The zero-order valence-electron chi connectivity index (χ0n) is 24.8. The highest BCUT2D eigenvalue weighted by Gasteiger charge is 2.22. The van der Waals surface area contributed by atoms with Crippen LogP contribution in [0.25, 0.3) is 104 Å². The molecule has 2 nitrogen and oxygen atoms in total. The molecule has 0 saturated heterocycles. The molecule has 10 aromatic rings. The molecule has 0 spiro atoms. The molecule has 2 heterocycles. The first-order valence-electron chi connectivity index (χ1n) is 15.9. The van der Waals surface area contributed by atoms with E-state index in [1.165, 1.54) is 65.8 Å². The third-order valence-corrected chi connectivity index (χ3v) is 10.1. The number of furan rings is 1. The van der Waals surface area contributed by atoms with Gasteiger partial charge in [0.15, 0.2) is 0 Å². The summed E-state index contributed by atoms with van der Waals surface area (Å²) in [6.45, 7) is 0. The predicted molar refractivity (Wildman–Crippen MR) is 193 cm³/mol. The van der Waals surface area contributed by atoms with Gasteiger partial charge in [-0.2, -0.15) is 0 Å². The molecule has 11 rings (SSSR count). The Balaban J connectivity index is 1.09. The number of hydrogen-bond acceptors (Lipinski definition) is 1. The van der Waals surface area contributed by atoms with Crippen molar-refractivity contribution in [3.63, 3.8) is 0 Å². The number of rotatable bonds is 2. The zero-order valence-corrected chi connectivity index (χ0v) is 24.8. The van der Waals surface area contributed by atoms with E-state index in [0.29, 0.717) is 0 Å². The van der Waals surface area contributed by atoms with Crippen molar-refractivity contribution in [2.45, 2.75) is 0 Å². The summed E-state index contributed by atoms with van der Waals surface area (Å²) < 4.78 is 8.88. The quantitative estimate of drug-likeness (QED) is 0.198. The fourth-order valence-electron chi connectivity index (χ4n) is 8.11. The van der Waals surface area contributed by atoms with Crippen LogP contribution in [0.3, 0.4) is 0 Å². The molecule has 0 atom stereocenters. The van der Waals surface area contributed by atoms with Crippen molar-refractivity contribution >= 4 is 65.3 Å². The smallest absolute Gasteiger partial charge is 0.145 e. The Kier molecular flexibility index (Phi) is 4.61. The van der Waals surface area contributed by atoms with Crippen LogP contribution in [0.4, 0.5) is 0 Å². The van der Waals surface area contributed by atoms with Crippen LogP contribution in [-0.4, -0.2) is 4.57 Å². The summed E-state index contributed by atoms with van der Waals surface area (Å²) in [6.07, 6.45) is 0. The normalized spacial score (nSPS) is 12.3. The standard InChI is InChI=1S/C44H25NO/c1-2-9-32-31(8-1)35-13-7-12-34-30(20-21-36(32)42(34)35)28-17-16-27-25-29(19-18-26(27)24-28)45-39-14-5-3-11-38(39)43-40(45)23-22-37-33-10-4-6-15-41(33)46-44(37)43/h1-25H. The lowest BCUT2D eigenvalue weighted by atomic mass is 9.93. The minimum atomic E-state index is 0.924. The van der Waals surface area contributed by atoms with Gasteiger partial charge in [0.2, 0.25) is 0 Å². The van der Waals surface area contributed by atoms with E-state index >= 15 is 0 Å². The lowest BCUT2D eigenvalue weighted by Gasteiger charge is -2.12. The zero-order chi connectivity index (χ0) is 29.9. The number of aromatic nitrogens is 1. The minimum absolute atomic E-state index is 0.924. The monoisotopic (exact) mass is 583 g/mol. The van der Waals surface area contributed by atoms with Gasteiger partial charge in [-0.25, -0.2) is 0 Å². The molecule has 0 amide bonds. The number of fused-ring (bicyclic) bond motifs is 11. The van der Waals surface area contributed by atoms with Crippen molar-refractivity contribution in [3.8, 4) is 39.1 Å². The molecule has 1 aliphatic carbocycles. The van der Waals surface area contributed by atoms with Crippen molar-refractivity contribution in [2.75, 3.05) is 0 Å². The molecular weight excluding hydrogens is 558 g/mol. The summed E-state index contributed by atoms with van der Waals surface area (Å²) in [5, 5.41) is 9.79. The molecule has 212 valence electrons.